The summed E-state index contributed by atoms with van der Waals surface area (Å²) in [5.41, 5.74) is 0.0887. The number of likely N-dealkylation sites (tertiary alicyclic amines) is 1. The molecule has 6 rings (SSSR count). The monoisotopic (exact) mass is 601 g/mol. The molecule has 44 heavy (non-hydrogen) atoms. The van der Waals surface area contributed by atoms with Crippen molar-refractivity contribution in [2.45, 2.75) is 50.3 Å². The molecule has 11 nitrogen and oxygen atoms in total. The van der Waals surface area contributed by atoms with Crippen LogP contribution >= 0.6 is 0 Å². The molecule has 3 aliphatic rings. The number of para-hydroxylation sites is 1. The summed E-state index contributed by atoms with van der Waals surface area (Å²) in [5.74, 6) is 0.622. The van der Waals surface area contributed by atoms with Gasteiger partial charge in [0, 0.05) is 49.8 Å². The molecule has 3 aromatic rings. The van der Waals surface area contributed by atoms with Crippen LogP contribution in [-0.4, -0.2) is 92.0 Å². The topological polar surface area (TPSA) is 128 Å². The smallest absolute Gasteiger partial charge is 0.407 e. The number of rotatable bonds is 5. The second-order valence-corrected chi connectivity index (χ2v) is 12.3. The number of aliphatic hydroxyl groups is 1. The fraction of sp³-hybridized carbons (Fsp3) is 0.455. The van der Waals surface area contributed by atoms with Crippen molar-refractivity contribution in [3.63, 3.8) is 0 Å². The van der Waals surface area contributed by atoms with Crippen LogP contribution in [-0.2, 0) is 6.54 Å². The van der Waals surface area contributed by atoms with Gasteiger partial charge in [0.05, 0.1) is 37.3 Å². The fourth-order valence-electron chi connectivity index (χ4n) is 7.42. The number of urea groups is 1. The first kappa shape index (κ1) is 29.7. The highest BCUT2D eigenvalue weighted by molar-refractivity contribution is 5.76. The molecule has 1 aromatic heterocycles. The van der Waals surface area contributed by atoms with E-state index < -0.39 is 23.2 Å². The summed E-state index contributed by atoms with van der Waals surface area (Å²) in [7, 11) is 1.57. The second-order valence-electron chi connectivity index (χ2n) is 12.3. The number of carbonyl (C=O) groups excluding carboxylic acids is 1. The summed E-state index contributed by atoms with van der Waals surface area (Å²) >= 11 is 0. The predicted octanol–water partition coefficient (Wildman–Crippen LogP) is 4.07. The number of hydrogen-bond donors (Lipinski definition) is 2. The Labute approximate surface area is 256 Å². The lowest BCUT2D eigenvalue weighted by Gasteiger charge is -2.53. The van der Waals surface area contributed by atoms with E-state index in [4.69, 9.17) is 4.74 Å². The maximum Gasteiger partial charge on any atom is 0.407 e. The molecule has 2 atom stereocenters. The first-order valence-corrected chi connectivity index (χ1v) is 15.2. The van der Waals surface area contributed by atoms with E-state index in [0.717, 1.165) is 36.8 Å². The van der Waals surface area contributed by atoms with E-state index in [2.05, 4.69) is 4.98 Å². The van der Waals surface area contributed by atoms with Gasteiger partial charge in [-0.05, 0) is 37.0 Å². The SMILES string of the molecule is COc1ccccc1-c1cc(=O)n(C[C@]2(O)CCN(C(=O)N3CCN(C(=O)O)C[C@H]3c3ccccc3)CC23CCCC3)cn1. The molecule has 3 amide bonds. The normalized spacial score (nSPS) is 23.1. The highest BCUT2D eigenvalue weighted by Gasteiger charge is 2.56. The average molecular weight is 602 g/mol. The van der Waals surface area contributed by atoms with Crippen molar-refractivity contribution in [3.05, 3.63) is 82.9 Å². The number of aromatic nitrogens is 2. The quantitative estimate of drug-likeness (QED) is 0.451. The van der Waals surface area contributed by atoms with Crippen LogP contribution in [0.3, 0.4) is 0 Å². The van der Waals surface area contributed by atoms with Gasteiger partial charge in [-0.25, -0.2) is 14.6 Å². The van der Waals surface area contributed by atoms with E-state index in [-0.39, 0.29) is 37.8 Å². The number of methoxy groups -OCH3 is 1. The van der Waals surface area contributed by atoms with Crippen molar-refractivity contribution >= 4 is 12.1 Å². The molecule has 0 radical (unpaired) electrons. The molecule has 1 spiro atoms. The highest BCUT2D eigenvalue weighted by atomic mass is 16.5. The third-order valence-corrected chi connectivity index (χ3v) is 9.88. The summed E-state index contributed by atoms with van der Waals surface area (Å²) < 4.78 is 6.92. The predicted molar refractivity (Wildman–Crippen MR) is 163 cm³/mol. The van der Waals surface area contributed by atoms with Crippen molar-refractivity contribution < 1.29 is 24.5 Å². The van der Waals surface area contributed by atoms with E-state index >= 15 is 0 Å². The van der Waals surface area contributed by atoms with Gasteiger partial charge in [-0.2, -0.15) is 0 Å². The Balaban J connectivity index is 1.23. The van der Waals surface area contributed by atoms with Gasteiger partial charge in [0.1, 0.15) is 5.75 Å². The van der Waals surface area contributed by atoms with Crippen molar-refractivity contribution in [1.29, 1.82) is 0 Å². The van der Waals surface area contributed by atoms with Crippen LogP contribution in [0, 0.1) is 5.41 Å². The molecule has 11 heteroatoms. The number of amides is 3. The molecule has 2 aliphatic heterocycles. The maximum absolute atomic E-state index is 14.1. The van der Waals surface area contributed by atoms with Crippen LogP contribution in [0.4, 0.5) is 9.59 Å². The van der Waals surface area contributed by atoms with E-state index in [0.29, 0.717) is 31.0 Å². The van der Waals surface area contributed by atoms with E-state index in [1.165, 1.54) is 21.9 Å². The molecule has 2 saturated heterocycles. The summed E-state index contributed by atoms with van der Waals surface area (Å²) in [4.78, 5) is 48.8. The first-order chi connectivity index (χ1) is 21.2. The number of nitrogens with zero attached hydrogens (tertiary/aromatic N) is 5. The third-order valence-electron chi connectivity index (χ3n) is 9.88. The molecular weight excluding hydrogens is 562 g/mol. The highest BCUT2D eigenvalue weighted by Crippen LogP contribution is 2.52. The number of carboxylic acid groups (broad SMARTS) is 1. The number of carbonyl (C=O) groups is 2. The molecule has 1 saturated carbocycles. The number of piperidine rings is 1. The Kier molecular flexibility index (Phi) is 8.06. The van der Waals surface area contributed by atoms with Crippen molar-refractivity contribution in [1.82, 2.24) is 24.3 Å². The Morgan fingerprint density at radius 3 is 2.41 bits per heavy atom. The van der Waals surface area contributed by atoms with Gasteiger partial charge >= 0.3 is 12.1 Å². The summed E-state index contributed by atoms with van der Waals surface area (Å²) in [5, 5.41) is 21.9. The summed E-state index contributed by atoms with van der Waals surface area (Å²) in [6.45, 7) is 1.54. The van der Waals surface area contributed by atoms with Crippen molar-refractivity contribution in [3.8, 4) is 17.0 Å². The Bertz CT molecular complexity index is 1570. The summed E-state index contributed by atoms with van der Waals surface area (Å²) in [6, 6.07) is 17.9. The van der Waals surface area contributed by atoms with Crippen LogP contribution in [0.15, 0.2) is 71.8 Å². The maximum atomic E-state index is 14.1. The first-order valence-electron chi connectivity index (χ1n) is 15.2. The average Bonchev–Trinajstić information content (AvgIpc) is 3.53. The Morgan fingerprint density at radius 1 is 0.977 bits per heavy atom. The lowest BCUT2D eigenvalue weighted by molar-refractivity contribution is -0.137. The molecular formula is C33H39N5O6. The zero-order chi connectivity index (χ0) is 30.9. The van der Waals surface area contributed by atoms with Crippen LogP contribution < -0.4 is 10.3 Å². The van der Waals surface area contributed by atoms with Crippen LogP contribution in [0.5, 0.6) is 5.75 Å². The number of piperazine rings is 1. The van der Waals surface area contributed by atoms with Crippen LogP contribution in [0.2, 0.25) is 0 Å². The lowest BCUT2D eigenvalue weighted by Crippen LogP contribution is -2.64. The molecule has 2 N–H and O–H groups in total. The van der Waals surface area contributed by atoms with Gasteiger partial charge in [0.15, 0.2) is 0 Å². The van der Waals surface area contributed by atoms with Gasteiger partial charge in [0.2, 0.25) is 0 Å². The largest absolute Gasteiger partial charge is 0.496 e. The summed E-state index contributed by atoms with van der Waals surface area (Å²) in [6.07, 6.45) is 4.21. The van der Waals surface area contributed by atoms with Gasteiger partial charge in [0.25, 0.3) is 5.56 Å². The van der Waals surface area contributed by atoms with Crippen molar-refractivity contribution in [2.24, 2.45) is 5.41 Å². The fourth-order valence-corrected chi connectivity index (χ4v) is 7.42. The van der Waals surface area contributed by atoms with Gasteiger partial charge in [-0.15, -0.1) is 0 Å². The van der Waals surface area contributed by atoms with Gasteiger partial charge in [-0.3, -0.25) is 9.36 Å². The second kappa shape index (κ2) is 12.0. The molecule has 0 bridgehead atoms. The van der Waals surface area contributed by atoms with E-state index in [1.807, 2.05) is 59.5 Å². The van der Waals surface area contributed by atoms with Gasteiger partial charge in [-0.1, -0.05) is 55.3 Å². The van der Waals surface area contributed by atoms with E-state index in [1.54, 1.807) is 12.0 Å². The van der Waals surface area contributed by atoms with Crippen LogP contribution in [0.1, 0.15) is 43.7 Å². The van der Waals surface area contributed by atoms with Crippen molar-refractivity contribution in [2.75, 3.05) is 39.8 Å². The Morgan fingerprint density at radius 2 is 1.70 bits per heavy atom. The number of ether oxygens (including phenoxy) is 1. The molecule has 2 aromatic carbocycles. The minimum atomic E-state index is -1.20. The lowest BCUT2D eigenvalue weighted by atomic mass is 9.66. The number of benzene rings is 2. The zero-order valence-electron chi connectivity index (χ0n) is 25.0. The molecule has 3 heterocycles. The minimum Gasteiger partial charge on any atom is -0.496 e. The third kappa shape index (κ3) is 5.40. The molecule has 232 valence electrons. The molecule has 1 aliphatic carbocycles. The van der Waals surface area contributed by atoms with E-state index in [9.17, 15) is 24.6 Å². The zero-order valence-corrected chi connectivity index (χ0v) is 25.0. The minimum absolute atomic E-state index is 0.0942. The molecule has 0 unspecified atom stereocenters. The standard InChI is InChI=1S/C33H39N5O6/c1-44-28-12-6-5-11-25(28)26-19-29(39)37(23-34-26)22-33(43)15-16-36(21-32(33)13-7-8-14-32)30(40)38-18-17-35(31(41)42)20-27(38)24-9-3-2-4-10-24/h2-6,9-12,19,23,27,43H,7-8,13-18,20-22H2,1H3,(H,41,42)/t27-,33+/m0/s1. The Hall–Kier alpha value is -4.38. The van der Waals surface area contributed by atoms with Gasteiger partial charge < -0.3 is 29.6 Å². The number of hydrogen-bond acceptors (Lipinski definition) is 6. The molecule has 3 fully saturated rings. The van der Waals surface area contributed by atoms with Crippen LogP contribution in [0.25, 0.3) is 11.3 Å².